The van der Waals surface area contributed by atoms with Crippen molar-refractivity contribution in [1.82, 2.24) is 64.7 Å². The van der Waals surface area contributed by atoms with Crippen LogP contribution in [0.15, 0.2) is 114 Å². The SMILES string of the molecule is Cn1cc(Nc2nccc(-c3ccc4c(c3)CN(C3COC3)CC[C@H]4CC(=O)C3=CC(C(C)(C)C)N=N3)n2)cn1.Cn1cc(Nc2nccc(-c3ccc4c(c3)CNCC[C@H]4CC(=O)c3cn(C(C)(C)C)nn3)n2)cn1.O=C1COC1. The highest BCUT2D eigenvalue weighted by Crippen LogP contribution is 2.38. The average molecular weight is 1100 g/mol. The molecule has 22 heteroatoms. The van der Waals surface area contributed by atoms with Crippen LogP contribution in [0.25, 0.3) is 22.5 Å². The molecule has 0 saturated carbocycles. The van der Waals surface area contributed by atoms with E-state index in [0.717, 1.165) is 86.1 Å². The van der Waals surface area contributed by atoms with Gasteiger partial charge in [-0.1, -0.05) is 50.3 Å². The first-order chi connectivity index (χ1) is 38.9. The number of ketones is 3. The van der Waals surface area contributed by atoms with Crippen LogP contribution in [-0.4, -0.2) is 128 Å². The zero-order valence-corrected chi connectivity index (χ0v) is 47.3. The lowest BCUT2D eigenvalue weighted by atomic mass is 9.85. The zero-order valence-electron chi connectivity index (χ0n) is 47.3. The number of benzene rings is 2. The van der Waals surface area contributed by atoms with E-state index < -0.39 is 0 Å². The molecule has 2 aromatic carbocycles. The van der Waals surface area contributed by atoms with Crippen molar-refractivity contribution < 1.29 is 23.9 Å². The van der Waals surface area contributed by atoms with Crippen molar-refractivity contribution in [2.24, 2.45) is 29.7 Å². The summed E-state index contributed by atoms with van der Waals surface area (Å²) in [6.07, 6.45) is 17.1. The number of rotatable bonds is 13. The van der Waals surface area contributed by atoms with Gasteiger partial charge in [0.05, 0.1) is 72.2 Å². The van der Waals surface area contributed by atoms with Crippen LogP contribution in [0, 0.1) is 5.41 Å². The molecule has 422 valence electrons. The molecule has 2 fully saturated rings. The topological polar surface area (TPSA) is 252 Å². The van der Waals surface area contributed by atoms with Crippen molar-refractivity contribution in [1.29, 1.82) is 0 Å². The Morgan fingerprint density at radius 1 is 0.741 bits per heavy atom. The van der Waals surface area contributed by atoms with Crippen molar-refractivity contribution in [2.45, 2.75) is 110 Å². The van der Waals surface area contributed by atoms with E-state index in [0.29, 0.717) is 55.4 Å². The van der Waals surface area contributed by atoms with Crippen molar-refractivity contribution >= 4 is 40.6 Å². The fourth-order valence-electron chi connectivity index (χ4n) is 10.1. The van der Waals surface area contributed by atoms with E-state index in [4.69, 9.17) is 14.7 Å². The van der Waals surface area contributed by atoms with Crippen molar-refractivity contribution in [3.05, 3.63) is 132 Å². The van der Waals surface area contributed by atoms with Gasteiger partial charge in [-0.25, -0.2) is 24.6 Å². The molecule has 0 radical (unpaired) electrons. The summed E-state index contributed by atoms with van der Waals surface area (Å²) in [6.45, 7) is 18.0. The lowest BCUT2D eigenvalue weighted by molar-refractivity contribution is -0.140. The second-order valence-electron chi connectivity index (χ2n) is 23.3. The summed E-state index contributed by atoms with van der Waals surface area (Å²) >= 11 is 0. The van der Waals surface area contributed by atoms with Crippen LogP contribution in [0.4, 0.5) is 23.3 Å². The minimum Gasteiger partial charge on any atom is -0.378 e. The van der Waals surface area contributed by atoms with E-state index in [1.807, 2.05) is 65.5 Å². The van der Waals surface area contributed by atoms with E-state index in [9.17, 15) is 14.4 Å². The Labute approximate surface area is 471 Å². The van der Waals surface area contributed by atoms with Crippen molar-refractivity contribution in [3.8, 4) is 22.5 Å². The number of ether oxygens (including phenoxy) is 2. The number of fused-ring (bicyclic) bond motifs is 2. The molecule has 0 bridgehead atoms. The van der Waals surface area contributed by atoms with Gasteiger partial charge in [-0.3, -0.25) is 28.6 Å². The highest BCUT2D eigenvalue weighted by molar-refractivity contribution is 5.96. The summed E-state index contributed by atoms with van der Waals surface area (Å²) in [5.74, 6) is 1.56. The second kappa shape index (κ2) is 24.4. The Morgan fingerprint density at radius 3 is 1.85 bits per heavy atom. The number of aryl methyl sites for hydroxylation is 2. The molecule has 81 heavy (non-hydrogen) atoms. The van der Waals surface area contributed by atoms with Crippen LogP contribution in [-0.2, 0) is 51.8 Å². The van der Waals surface area contributed by atoms with Crippen LogP contribution in [0.3, 0.4) is 0 Å². The van der Waals surface area contributed by atoms with Gasteiger partial charge in [0.15, 0.2) is 17.3 Å². The van der Waals surface area contributed by atoms with E-state index >= 15 is 0 Å². The molecule has 12 rings (SSSR count). The first-order valence-electron chi connectivity index (χ1n) is 27.6. The first-order valence-corrected chi connectivity index (χ1v) is 27.6. The predicted molar refractivity (Wildman–Crippen MR) is 305 cm³/mol. The highest BCUT2D eigenvalue weighted by atomic mass is 16.5. The van der Waals surface area contributed by atoms with Crippen LogP contribution in [0.2, 0.25) is 0 Å². The number of Topliss-reactive ketones (excluding diaryl/α,β-unsaturated/α-hetero) is 3. The molecule has 2 saturated heterocycles. The fraction of sp³-hybridized carbons (Fsp3) is 0.441. The summed E-state index contributed by atoms with van der Waals surface area (Å²) in [5, 5.41) is 35.2. The molecule has 22 nitrogen and oxygen atoms in total. The van der Waals surface area contributed by atoms with E-state index in [2.05, 4.69) is 123 Å². The van der Waals surface area contributed by atoms with Gasteiger partial charge in [-0.2, -0.15) is 20.4 Å². The number of carbonyl (C=O) groups excluding carboxylic acids is 3. The number of azo groups is 1. The van der Waals surface area contributed by atoms with Crippen LogP contribution in [0.5, 0.6) is 0 Å². The molecule has 7 aromatic rings. The van der Waals surface area contributed by atoms with E-state index in [1.165, 1.54) is 22.3 Å². The van der Waals surface area contributed by atoms with Crippen molar-refractivity contribution in [3.63, 3.8) is 0 Å². The van der Waals surface area contributed by atoms with Gasteiger partial charge < -0.3 is 25.4 Å². The number of nitrogens with one attached hydrogen (secondary N) is 3. The zero-order chi connectivity index (χ0) is 56.8. The van der Waals surface area contributed by atoms with Gasteiger partial charge >= 0.3 is 0 Å². The van der Waals surface area contributed by atoms with Crippen LogP contribution >= 0.6 is 0 Å². The largest absolute Gasteiger partial charge is 0.378 e. The lowest BCUT2D eigenvalue weighted by Gasteiger charge is -2.36. The molecule has 1 unspecified atom stereocenters. The van der Waals surface area contributed by atoms with Crippen LogP contribution < -0.4 is 16.0 Å². The highest BCUT2D eigenvalue weighted by Gasteiger charge is 2.34. The van der Waals surface area contributed by atoms with Gasteiger partial charge in [0.25, 0.3) is 0 Å². The van der Waals surface area contributed by atoms with Gasteiger partial charge in [0, 0.05) is 75.9 Å². The molecular formula is C59H71N17O5. The molecule has 0 spiro atoms. The summed E-state index contributed by atoms with van der Waals surface area (Å²) < 4.78 is 15.2. The molecular weight excluding hydrogens is 1030 g/mol. The summed E-state index contributed by atoms with van der Waals surface area (Å²) in [7, 11) is 3.73. The minimum atomic E-state index is -0.213. The Morgan fingerprint density at radius 2 is 1.33 bits per heavy atom. The molecule has 5 aromatic heterocycles. The average Bonchev–Trinajstić information content (AvgIpc) is 4.28. The van der Waals surface area contributed by atoms with Gasteiger partial charge in [-0.05, 0) is 117 Å². The standard InChI is InChI=1S/C30H36N8O2.C26H31N9O.C3H4O2/c1-30(2,3)28-13-26(35-36-28)27(39)12-19-8-10-38(23-17-40-18-23)15-21-11-20(5-6-24(19)21)25-7-9-31-29(34-25)33-22-14-32-37(4)16-22;1-26(2,3)35-16-23(32-33-35)24(36)12-17-7-9-27-13-19-11-18(5-6-21(17)19)22-8-10-28-25(31-22)30-20-14-29-34(4)15-20;4-3-1-5-2-3/h5-7,9,11,13-14,16,19,23,28H,8,10,12,15,17-18H2,1-4H3,(H,31,33,34);5-6,8,10-11,14-17,27H,7,9,12-13H2,1-4H3,(H,28,30,31);1-2H2/t19-,28?;17-;/m00./s1. The maximum absolute atomic E-state index is 13.4. The molecule has 3 N–H and O–H groups in total. The van der Waals surface area contributed by atoms with Gasteiger partial charge in [-0.15, -0.1) is 5.10 Å². The van der Waals surface area contributed by atoms with Gasteiger partial charge in [0.1, 0.15) is 24.6 Å². The third-order valence-corrected chi connectivity index (χ3v) is 14.9. The number of nitrogens with zero attached hydrogens (tertiary/aromatic N) is 14. The molecule has 0 aliphatic carbocycles. The number of allylic oxidation sites excluding steroid dienone is 1. The Balaban J connectivity index is 0.000000168. The molecule has 3 atom stereocenters. The van der Waals surface area contributed by atoms with Gasteiger partial charge in [0.2, 0.25) is 11.9 Å². The van der Waals surface area contributed by atoms with E-state index in [-0.39, 0.29) is 46.2 Å². The summed E-state index contributed by atoms with van der Waals surface area (Å²) in [4.78, 5) is 56.9. The number of aromatic nitrogens is 11. The molecule has 0 amide bonds. The minimum absolute atomic E-state index is 0.0225. The number of carbonyl (C=O) groups is 3. The van der Waals surface area contributed by atoms with Crippen molar-refractivity contribution in [2.75, 3.05) is 50.2 Å². The third-order valence-electron chi connectivity index (χ3n) is 14.9. The third kappa shape index (κ3) is 14.1. The second-order valence-corrected chi connectivity index (χ2v) is 23.3. The maximum Gasteiger partial charge on any atom is 0.227 e. The smallest absolute Gasteiger partial charge is 0.227 e. The van der Waals surface area contributed by atoms with Crippen LogP contribution in [0.1, 0.15) is 112 Å². The Kier molecular flexibility index (Phi) is 16.9. The number of hydrogen-bond donors (Lipinski definition) is 3. The first kappa shape index (κ1) is 56.2. The predicted octanol–water partition coefficient (Wildman–Crippen LogP) is 8.44. The fourth-order valence-corrected chi connectivity index (χ4v) is 10.1. The molecule has 5 aliphatic heterocycles. The molecule has 5 aliphatic rings. The van der Waals surface area contributed by atoms with E-state index in [1.54, 1.807) is 45.0 Å². The number of anilines is 4. The summed E-state index contributed by atoms with van der Waals surface area (Å²) in [5.41, 5.74) is 10.8. The summed E-state index contributed by atoms with van der Waals surface area (Å²) in [6, 6.07) is 17.1. The monoisotopic (exact) mass is 1100 g/mol. The maximum atomic E-state index is 13.4. The quantitative estimate of drug-likeness (QED) is 0.0916. The molecule has 10 heterocycles. The lowest BCUT2D eigenvalue weighted by Crippen LogP contribution is -2.48. The number of hydrogen-bond acceptors (Lipinski definition) is 19. The normalized spacial score (nSPS) is 19.0. The Bertz CT molecular complexity index is 3450. The Hall–Kier alpha value is -8.05.